The van der Waals surface area contributed by atoms with Crippen molar-refractivity contribution in [3.63, 3.8) is 0 Å². The fraction of sp³-hybridized carbons (Fsp3) is 0.556. The Morgan fingerprint density at radius 3 is 2.68 bits per heavy atom. The molecule has 1 aromatic heterocycles. The zero-order valence-corrected chi connectivity index (χ0v) is 10.3. The first-order valence-electron chi connectivity index (χ1n) is 5.31. The van der Waals surface area contributed by atoms with Crippen molar-refractivity contribution >= 4 is 15.7 Å². The Bertz CT molecular complexity index is 593. The van der Waals surface area contributed by atoms with Gasteiger partial charge in [0.2, 0.25) is 0 Å². The second-order valence-corrected chi connectivity index (χ2v) is 6.46. The van der Waals surface area contributed by atoms with E-state index in [0.29, 0.717) is 0 Å². The average Bonchev–Trinajstić information content (AvgIpc) is 2.83. The molecule has 1 atom stereocenters. The highest BCUT2D eigenvalue weighted by Gasteiger charge is 2.38. The van der Waals surface area contributed by atoms with E-state index < -0.39 is 39.2 Å². The number of carbonyl (C=O) groups is 1. The van der Waals surface area contributed by atoms with Crippen LogP contribution in [0.3, 0.4) is 0 Å². The molecule has 6 nitrogen and oxygen atoms in total. The zero-order valence-electron chi connectivity index (χ0n) is 9.49. The van der Waals surface area contributed by atoms with Crippen LogP contribution in [0, 0.1) is 0 Å². The summed E-state index contributed by atoms with van der Waals surface area (Å²) in [5, 5.41) is 7.17. The predicted octanol–water partition coefficient (Wildman–Crippen LogP) is 0.345. The topological polar surface area (TPSA) is 91.9 Å². The maximum absolute atomic E-state index is 12.5. The van der Waals surface area contributed by atoms with Crippen LogP contribution in [0.2, 0.25) is 0 Å². The van der Waals surface area contributed by atoms with E-state index in [1.807, 2.05) is 0 Å². The van der Waals surface area contributed by atoms with Crippen LogP contribution < -0.4 is 5.32 Å². The Hall–Kier alpha value is -1.58. The molecule has 0 radical (unpaired) electrons. The van der Waals surface area contributed by atoms with Crippen molar-refractivity contribution in [3.05, 3.63) is 17.5 Å². The van der Waals surface area contributed by atoms with Crippen molar-refractivity contribution in [1.29, 1.82) is 0 Å². The minimum Gasteiger partial charge on any atom is -0.348 e. The van der Waals surface area contributed by atoms with Gasteiger partial charge < -0.3 is 5.32 Å². The summed E-state index contributed by atoms with van der Waals surface area (Å²) in [5.41, 5.74) is -1.89. The number of nitrogens with one attached hydrogen (secondary N) is 2. The third-order valence-corrected chi connectivity index (χ3v) is 4.50. The van der Waals surface area contributed by atoms with Crippen LogP contribution in [0.4, 0.5) is 13.2 Å². The second-order valence-electron chi connectivity index (χ2n) is 4.23. The number of sulfone groups is 1. The molecule has 10 heteroatoms. The fourth-order valence-corrected chi connectivity index (χ4v) is 3.52. The molecule has 1 unspecified atom stereocenters. The van der Waals surface area contributed by atoms with Crippen LogP contribution >= 0.6 is 0 Å². The van der Waals surface area contributed by atoms with E-state index in [-0.39, 0.29) is 17.9 Å². The molecule has 2 N–H and O–H groups in total. The van der Waals surface area contributed by atoms with Crippen LogP contribution in [0.5, 0.6) is 0 Å². The molecular formula is C9H10F3N3O3S. The predicted molar refractivity (Wildman–Crippen MR) is 58.1 cm³/mol. The van der Waals surface area contributed by atoms with Crippen molar-refractivity contribution in [3.8, 4) is 0 Å². The first kappa shape index (κ1) is 13.8. The lowest BCUT2D eigenvalue weighted by Gasteiger charge is -2.11. The number of rotatable bonds is 2. The smallest absolute Gasteiger partial charge is 0.348 e. The number of carbonyl (C=O) groups excluding carboxylic acids is 1. The molecule has 2 rings (SSSR count). The largest absolute Gasteiger partial charge is 0.433 e. The van der Waals surface area contributed by atoms with Gasteiger partial charge in [-0.2, -0.15) is 18.3 Å². The number of H-pyrrole nitrogens is 1. The van der Waals surface area contributed by atoms with Gasteiger partial charge in [0.15, 0.2) is 15.5 Å². The molecule has 1 aromatic rings. The maximum Gasteiger partial charge on any atom is 0.433 e. The van der Waals surface area contributed by atoms with Crippen molar-refractivity contribution in [2.45, 2.75) is 18.6 Å². The fourth-order valence-electron chi connectivity index (χ4n) is 1.85. The van der Waals surface area contributed by atoms with E-state index in [0.717, 1.165) is 6.20 Å². The Kier molecular flexibility index (Phi) is 3.29. The third kappa shape index (κ3) is 3.06. The minimum atomic E-state index is -4.72. The van der Waals surface area contributed by atoms with Crippen LogP contribution in [0.15, 0.2) is 6.20 Å². The lowest BCUT2D eigenvalue weighted by molar-refractivity contribution is -0.141. The van der Waals surface area contributed by atoms with Gasteiger partial charge >= 0.3 is 6.18 Å². The molecular weight excluding hydrogens is 287 g/mol. The molecule has 1 fully saturated rings. The summed E-state index contributed by atoms with van der Waals surface area (Å²) in [6, 6.07) is -0.659. The summed E-state index contributed by atoms with van der Waals surface area (Å²) in [7, 11) is -3.21. The van der Waals surface area contributed by atoms with Gasteiger partial charge in [-0.3, -0.25) is 9.89 Å². The van der Waals surface area contributed by atoms with E-state index in [4.69, 9.17) is 0 Å². The molecule has 0 aromatic carbocycles. The van der Waals surface area contributed by atoms with E-state index in [1.165, 1.54) is 0 Å². The summed E-state index contributed by atoms with van der Waals surface area (Å²) in [6.45, 7) is 0. The minimum absolute atomic E-state index is 0.0739. The number of aromatic amines is 1. The number of nitrogens with zero attached hydrogens (tertiary/aromatic N) is 1. The zero-order chi connectivity index (χ0) is 14.3. The monoisotopic (exact) mass is 297 g/mol. The highest BCUT2D eigenvalue weighted by atomic mass is 32.2. The van der Waals surface area contributed by atoms with Gasteiger partial charge in [-0.15, -0.1) is 0 Å². The average molecular weight is 297 g/mol. The first-order chi connectivity index (χ1) is 8.69. The normalized spacial score (nSPS) is 22.4. The molecule has 0 aliphatic carbocycles. The van der Waals surface area contributed by atoms with Crippen LogP contribution in [0.1, 0.15) is 22.5 Å². The van der Waals surface area contributed by atoms with E-state index >= 15 is 0 Å². The van der Waals surface area contributed by atoms with Gasteiger partial charge in [0.1, 0.15) is 0 Å². The van der Waals surface area contributed by atoms with Crippen molar-refractivity contribution in [2.24, 2.45) is 0 Å². The van der Waals surface area contributed by atoms with Gasteiger partial charge in [0.05, 0.1) is 23.3 Å². The summed E-state index contributed by atoms with van der Waals surface area (Å²) in [6.07, 6.45) is -3.75. The van der Waals surface area contributed by atoms with Gasteiger partial charge in [0, 0.05) is 6.04 Å². The molecule has 0 bridgehead atoms. The third-order valence-electron chi connectivity index (χ3n) is 2.74. The van der Waals surface area contributed by atoms with Crippen molar-refractivity contribution in [2.75, 3.05) is 11.5 Å². The second kappa shape index (κ2) is 4.51. The van der Waals surface area contributed by atoms with E-state index in [9.17, 15) is 26.4 Å². The summed E-state index contributed by atoms with van der Waals surface area (Å²) in [5.74, 6) is -1.31. The number of aromatic nitrogens is 2. The van der Waals surface area contributed by atoms with Crippen molar-refractivity contribution in [1.82, 2.24) is 15.5 Å². The summed E-state index contributed by atoms with van der Waals surface area (Å²) in [4.78, 5) is 11.7. The highest BCUT2D eigenvalue weighted by Crippen LogP contribution is 2.30. The number of halogens is 3. The standard InChI is InChI=1S/C9H10F3N3O3S/c10-9(11,12)7-6(3-13-15-7)8(16)14-5-1-2-19(17,18)4-5/h3,5H,1-2,4H2,(H,13,15)(H,14,16). The Labute approximate surface area is 106 Å². The van der Waals surface area contributed by atoms with Gasteiger partial charge in [-0.25, -0.2) is 8.42 Å². The molecule has 2 heterocycles. The molecule has 106 valence electrons. The highest BCUT2D eigenvalue weighted by molar-refractivity contribution is 7.91. The van der Waals surface area contributed by atoms with Crippen molar-refractivity contribution < 1.29 is 26.4 Å². The van der Waals surface area contributed by atoms with Crippen LogP contribution in [0.25, 0.3) is 0 Å². The quantitative estimate of drug-likeness (QED) is 0.823. The molecule has 1 saturated heterocycles. The molecule has 0 spiro atoms. The number of hydrogen-bond acceptors (Lipinski definition) is 4. The molecule has 19 heavy (non-hydrogen) atoms. The van der Waals surface area contributed by atoms with Gasteiger partial charge in [-0.1, -0.05) is 0 Å². The number of alkyl halides is 3. The number of amides is 1. The summed E-state index contributed by atoms with van der Waals surface area (Å²) < 4.78 is 60.0. The lowest BCUT2D eigenvalue weighted by atomic mass is 10.2. The van der Waals surface area contributed by atoms with Crippen LogP contribution in [-0.4, -0.2) is 42.1 Å². The first-order valence-corrected chi connectivity index (χ1v) is 7.13. The van der Waals surface area contributed by atoms with Gasteiger partial charge in [0.25, 0.3) is 5.91 Å². The summed E-state index contributed by atoms with van der Waals surface area (Å²) >= 11 is 0. The Balaban J connectivity index is 2.12. The van der Waals surface area contributed by atoms with Gasteiger partial charge in [-0.05, 0) is 6.42 Å². The lowest BCUT2D eigenvalue weighted by Crippen LogP contribution is -2.36. The molecule has 1 amide bonds. The van der Waals surface area contributed by atoms with Crippen LogP contribution in [-0.2, 0) is 16.0 Å². The SMILES string of the molecule is O=C(NC1CCS(=O)(=O)C1)c1cn[nH]c1C(F)(F)F. The molecule has 0 saturated carbocycles. The molecule has 1 aliphatic rings. The Morgan fingerprint density at radius 1 is 1.47 bits per heavy atom. The maximum atomic E-state index is 12.5. The molecule has 1 aliphatic heterocycles. The van der Waals surface area contributed by atoms with E-state index in [1.54, 1.807) is 5.10 Å². The van der Waals surface area contributed by atoms with E-state index in [2.05, 4.69) is 10.4 Å². The number of hydrogen-bond donors (Lipinski definition) is 2. The Morgan fingerprint density at radius 2 is 2.16 bits per heavy atom.